The van der Waals surface area contributed by atoms with Gasteiger partial charge in [0.15, 0.2) is 11.5 Å². The van der Waals surface area contributed by atoms with Crippen LogP contribution in [-0.2, 0) is 19.4 Å². The van der Waals surface area contributed by atoms with Crippen LogP contribution in [0.15, 0.2) is 83.8 Å². The van der Waals surface area contributed by atoms with Crippen LogP contribution in [0.1, 0.15) is 21.5 Å². The quantitative estimate of drug-likeness (QED) is 0.227. The van der Waals surface area contributed by atoms with Crippen LogP contribution in [0.2, 0.25) is 0 Å². The molecule has 0 spiro atoms. The van der Waals surface area contributed by atoms with E-state index in [-0.39, 0.29) is 22.8 Å². The van der Waals surface area contributed by atoms with Gasteiger partial charge < -0.3 is 20.5 Å². The molecule has 9 nitrogen and oxygen atoms in total. The van der Waals surface area contributed by atoms with E-state index in [0.717, 1.165) is 11.1 Å². The summed E-state index contributed by atoms with van der Waals surface area (Å²) in [6.45, 7) is 0.819. The van der Waals surface area contributed by atoms with E-state index in [2.05, 4.69) is 5.32 Å². The number of methoxy groups -OCH3 is 2. The van der Waals surface area contributed by atoms with Crippen molar-refractivity contribution in [3.8, 4) is 11.5 Å². The Bertz CT molecular complexity index is 1720. The minimum atomic E-state index is -0.360. The summed E-state index contributed by atoms with van der Waals surface area (Å²) in [5.74, 6) is 1.16. The zero-order chi connectivity index (χ0) is 27.4. The molecule has 1 amide bonds. The number of nitrogen functional groups attached to an aromatic ring is 1. The SMILES string of the molecule is COc1ccc(CCNC(=O)c2cc3c(=O)n4ccccc4nc3[n+](CCc3ccccc3)c2N)cc1OC. The Morgan fingerprint density at radius 3 is 2.49 bits per heavy atom. The molecule has 0 unspecified atom stereocenters. The molecule has 0 aliphatic rings. The highest BCUT2D eigenvalue weighted by Crippen LogP contribution is 2.27. The molecular formula is C30H30N5O4+. The molecule has 0 saturated carbocycles. The number of anilines is 1. The minimum absolute atomic E-state index is 0.234. The topological polar surface area (TPSA) is 112 Å². The number of hydrogen-bond acceptors (Lipinski definition) is 6. The molecule has 0 atom stereocenters. The summed E-state index contributed by atoms with van der Waals surface area (Å²) in [5, 5.41) is 3.27. The monoisotopic (exact) mass is 524 g/mol. The van der Waals surface area contributed by atoms with Gasteiger partial charge in [0.05, 0.1) is 20.8 Å². The van der Waals surface area contributed by atoms with E-state index in [4.69, 9.17) is 20.2 Å². The van der Waals surface area contributed by atoms with E-state index in [1.165, 1.54) is 4.40 Å². The average Bonchev–Trinajstić information content (AvgIpc) is 2.97. The van der Waals surface area contributed by atoms with Gasteiger partial charge in [0.1, 0.15) is 10.9 Å². The van der Waals surface area contributed by atoms with Crippen LogP contribution in [0.25, 0.3) is 16.7 Å². The van der Waals surface area contributed by atoms with Gasteiger partial charge in [-0.2, -0.15) is 0 Å². The maximum atomic E-state index is 13.4. The van der Waals surface area contributed by atoms with Gasteiger partial charge in [-0.05, 0) is 47.9 Å². The number of amides is 1. The number of carbonyl (C=O) groups is 1. The van der Waals surface area contributed by atoms with Gasteiger partial charge >= 0.3 is 0 Å². The first-order valence-corrected chi connectivity index (χ1v) is 12.7. The Morgan fingerprint density at radius 1 is 0.949 bits per heavy atom. The van der Waals surface area contributed by atoms with Crippen LogP contribution in [0, 0.1) is 0 Å². The number of rotatable bonds is 9. The number of benzene rings is 2. The van der Waals surface area contributed by atoms with Crippen molar-refractivity contribution in [3.63, 3.8) is 0 Å². The molecule has 0 aliphatic heterocycles. The van der Waals surface area contributed by atoms with Crippen molar-refractivity contribution in [1.82, 2.24) is 14.7 Å². The lowest BCUT2D eigenvalue weighted by molar-refractivity contribution is -0.658. The fourth-order valence-electron chi connectivity index (χ4n) is 4.65. The highest BCUT2D eigenvalue weighted by atomic mass is 16.5. The summed E-state index contributed by atoms with van der Waals surface area (Å²) in [4.78, 5) is 31.5. The van der Waals surface area contributed by atoms with Crippen LogP contribution in [0.4, 0.5) is 5.82 Å². The summed E-state index contributed by atoms with van der Waals surface area (Å²) in [7, 11) is 3.17. The van der Waals surface area contributed by atoms with Gasteiger partial charge in [-0.15, -0.1) is 0 Å². The molecule has 0 bridgehead atoms. The highest BCUT2D eigenvalue weighted by molar-refractivity contribution is 6.00. The predicted octanol–water partition coefficient (Wildman–Crippen LogP) is 2.95. The highest BCUT2D eigenvalue weighted by Gasteiger charge is 2.24. The fraction of sp³-hybridized carbons (Fsp3) is 0.200. The lowest BCUT2D eigenvalue weighted by Crippen LogP contribution is -2.43. The number of nitrogens with zero attached hydrogens (tertiary/aromatic N) is 3. The fourth-order valence-corrected chi connectivity index (χ4v) is 4.65. The lowest BCUT2D eigenvalue weighted by Gasteiger charge is -2.13. The molecule has 5 rings (SSSR count). The summed E-state index contributed by atoms with van der Waals surface area (Å²) >= 11 is 0. The van der Waals surface area contributed by atoms with Crippen molar-refractivity contribution in [2.75, 3.05) is 26.5 Å². The Kier molecular flexibility index (Phi) is 7.40. The largest absolute Gasteiger partial charge is 0.493 e. The van der Waals surface area contributed by atoms with Gasteiger partial charge in [0.25, 0.3) is 17.1 Å². The number of aromatic nitrogens is 3. The van der Waals surface area contributed by atoms with E-state index in [1.54, 1.807) is 43.2 Å². The molecule has 0 saturated heterocycles. The molecule has 3 aromatic heterocycles. The third kappa shape index (κ3) is 5.24. The predicted molar refractivity (Wildman–Crippen MR) is 149 cm³/mol. The molecule has 0 aliphatic carbocycles. The second-order valence-electron chi connectivity index (χ2n) is 9.11. The van der Waals surface area contributed by atoms with Crippen LogP contribution in [-0.4, -0.2) is 36.1 Å². The number of ether oxygens (including phenoxy) is 2. The molecule has 3 heterocycles. The van der Waals surface area contributed by atoms with Crippen molar-refractivity contribution in [3.05, 3.63) is 106 Å². The molecule has 3 N–H and O–H groups in total. The number of nitrogens with two attached hydrogens (primary N) is 1. The van der Waals surface area contributed by atoms with Crippen LogP contribution >= 0.6 is 0 Å². The Hall–Kier alpha value is -4.92. The molecule has 2 aromatic carbocycles. The standard InChI is InChI=1S/C30H29N5O4/c1-38-24-12-11-21(18-25(24)39-2)13-15-32-29(36)22-19-23-28(33-26-10-6-7-16-34(26)30(23)37)35(27(22)31)17-14-20-8-4-3-5-9-20/h3-12,16,18-19,31H,13-15,17H2,1-2H3,(H,32,36)/p+1. The van der Waals surface area contributed by atoms with Crippen molar-refractivity contribution >= 4 is 28.4 Å². The van der Waals surface area contributed by atoms with E-state index in [1.807, 2.05) is 54.6 Å². The number of nitrogens with one attached hydrogen (secondary N) is 1. The normalized spacial score (nSPS) is 11.0. The third-order valence-electron chi connectivity index (χ3n) is 6.72. The number of pyridine rings is 2. The second kappa shape index (κ2) is 11.2. The van der Waals surface area contributed by atoms with E-state index in [9.17, 15) is 9.59 Å². The van der Waals surface area contributed by atoms with Crippen LogP contribution < -0.4 is 30.7 Å². The molecule has 0 radical (unpaired) electrons. The Labute approximate surface area is 225 Å². The smallest absolute Gasteiger partial charge is 0.278 e. The third-order valence-corrected chi connectivity index (χ3v) is 6.72. The van der Waals surface area contributed by atoms with Crippen molar-refractivity contribution < 1.29 is 18.8 Å². The first-order chi connectivity index (χ1) is 19.0. The van der Waals surface area contributed by atoms with E-state index < -0.39 is 0 Å². The number of fused-ring (bicyclic) bond motifs is 2. The zero-order valence-electron chi connectivity index (χ0n) is 21.9. The van der Waals surface area contributed by atoms with Crippen LogP contribution in [0.5, 0.6) is 11.5 Å². The van der Waals surface area contributed by atoms with Crippen LogP contribution in [0.3, 0.4) is 0 Å². The maximum absolute atomic E-state index is 13.4. The summed E-state index contributed by atoms with van der Waals surface area (Å²) in [5.41, 5.74) is 9.60. The van der Waals surface area contributed by atoms with Crippen molar-refractivity contribution in [2.24, 2.45) is 0 Å². The van der Waals surface area contributed by atoms with Crippen molar-refractivity contribution in [2.45, 2.75) is 19.4 Å². The Morgan fingerprint density at radius 2 is 1.72 bits per heavy atom. The first-order valence-electron chi connectivity index (χ1n) is 12.7. The van der Waals surface area contributed by atoms with Gasteiger partial charge in [-0.1, -0.05) is 47.4 Å². The summed E-state index contributed by atoms with van der Waals surface area (Å²) in [6, 6.07) is 22.5. The van der Waals surface area contributed by atoms with E-state index in [0.29, 0.717) is 54.1 Å². The van der Waals surface area contributed by atoms with Gasteiger partial charge in [0.2, 0.25) is 11.5 Å². The number of aryl methyl sites for hydroxylation is 2. The first kappa shape index (κ1) is 25.7. The summed E-state index contributed by atoms with van der Waals surface area (Å²) in [6.07, 6.45) is 2.89. The molecule has 39 heavy (non-hydrogen) atoms. The van der Waals surface area contributed by atoms with Crippen molar-refractivity contribution in [1.29, 1.82) is 0 Å². The molecular weight excluding hydrogens is 494 g/mol. The average molecular weight is 525 g/mol. The van der Waals surface area contributed by atoms with Gasteiger partial charge in [0, 0.05) is 19.2 Å². The van der Waals surface area contributed by atoms with Gasteiger partial charge in [-0.3, -0.25) is 14.0 Å². The summed E-state index contributed by atoms with van der Waals surface area (Å²) < 4.78 is 13.9. The molecule has 198 valence electrons. The maximum Gasteiger partial charge on any atom is 0.278 e. The molecule has 5 aromatic rings. The zero-order valence-corrected chi connectivity index (χ0v) is 21.9. The lowest BCUT2D eigenvalue weighted by atomic mass is 10.1. The Balaban J connectivity index is 1.47. The molecule has 9 heteroatoms. The molecule has 0 fully saturated rings. The van der Waals surface area contributed by atoms with E-state index >= 15 is 0 Å². The van der Waals surface area contributed by atoms with Gasteiger partial charge in [-0.25, -0.2) is 4.57 Å². The minimum Gasteiger partial charge on any atom is -0.493 e. The number of carbonyl (C=O) groups excluding carboxylic acids is 1. The second-order valence-corrected chi connectivity index (χ2v) is 9.11. The number of hydrogen-bond donors (Lipinski definition) is 2.